The van der Waals surface area contributed by atoms with Crippen molar-refractivity contribution in [3.05, 3.63) is 29.8 Å². The molecule has 0 aliphatic carbocycles. The predicted molar refractivity (Wildman–Crippen MR) is 126 cm³/mol. The van der Waals surface area contributed by atoms with Crippen LogP contribution in [0.1, 0.15) is 38.2 Å². The smallest absolute Gasteiger partial charge is 0.326 e. The molecule has 0 bridgehead atoms. The number of aromatic hydroxyl groups is 1. The normalized spacial score (nSPS) is 14.1. The lowest BCUT2D eigenvalue weighted by molar-refractivity contribution is -0.143. The van der Waals surface area contributed by atoms with E-state index in [9.17, 15) is 29.1 Å². The number of phenolic OH excluding ortho intramolecular Hbond substituents is 1. The van der Waals surface area contributed by atoms with Crippen LogP contribution in [0.4, 0.5) is 0 Å². The van der Waals surface area contributed by atoms with Crippen molar-refractivity contribution < 1.29 is 34.2 Å². The Morgan fingerprint density at radius 1 is 0.914 bits per heavy atom. The van der Waals surface area contributed by atoms with Crippen LogP contribution in [0.25, 0.3) is 0 Å². The van der Waals surface area contributed by atoms with E-state index in [0.717, 1.165) is 0 Å². The minimum atomic E-state index is -1.56. The van der Waals surface area contributed by atoms with Crippen molar-refractivity contribution in [3.8, 4) is 5.75 Å². The first-order valence-electron chi connectivity index (χ1n) is 11.1. The number of carboxylic acids is 1. The number of primary amides is 1. The van der Waals surface area contributed by atoms with E-state index in [1.165, 1.54) is 19.1 Å². The number of rotatable bonds is 15. The molecule has 1 aromatic carbocycles. The second-order valence-corrected chi connectivity index (χ2v) is 8.12. The Kier molecular flexibility index (Phi) is 12.2. The van der Waals surface area contributed by atoms with E-state index in [1.807, 2.05) is 0 Å². The number of phenols is 1. The standard InChI is InChI=1S/C22H34N6O7/c1-12(19(31)28-17(22(34)35)11-18(25)30)26-21(33)16(10-13-5-7-14(29)8-6-13)27-20(32)15(24)4-2-3-9-23/h5-8,12,15-17,29H,2-4,9-11,23-24H2,1H3,(H2,25,30)(H,26,33)(H,27,32)(H,28,31)(H,34,35). The zero-order valence-corrected chi connectivity index (χ0v) is 19.5. The van der Waals surface area contributed by atoms with E-state index in [1.54, 1.807) is 12.1 Å². The summed E-state index contributed by atoms with van der Waals surface area (Å²) in [6, 6.07) is 1.23. The Balaban J connectivity index is 2.91. The fourth-order valence-electron chi connectivity index (χ4n) is 3.07. The van der Waals surface area contributed by atoms with Crippen molar-refractivity contribution in [3.63, 3.8) is 0 Å². The van der Waals surface area contributed by atoms with Gasteiger partial charge >= 0.3 is 5.97 Å². The molecule has 0 spiro atoms. The summed E-state index contributed by atoms with van der Waals surface area (Å²) in [5, 5.41) is 25.8. The molecule has 13 nitrogen and oxygen atoms in total. The van der Waals surface area contributed by atoms with E-state index in [4.69, 9.17) is 22.3 Å². The quantitative estimate of drug-likeness (QED) is 0.123. The van der Waals surface area contributed by atoms with E-state index in [0.29, 0.717) is 31.4 Å². The number of carbonyl (C=O) groups excluding carboxylic acids is 4. The highest BCUT2D eigenvalue weighted by Crippen LogP contribution is 2.12. The molecule has 0 saturated carbocycles. The summed E-state index contributed by atoms with van der Waals surface area (Å²) in [4.78, 5) is 60.2. The van der Waals surface area contributed by atoms with Gasteiger partial charge in [0, 0.05) is 6.42 Å². The molecule has 35 heavy (non-hydrogen) atoms. The van der Waals surface area contributed by atoms with Crippen molar-refractivity contribution in [2.75, 3.05) is 6.54 Å². The highest BCUT2D eigenvalue weighted by molar-refractivity contribution is 5.94. The molecule has 194 valence electrons. The van der Waals surface area contributed by atoms with Crippen LogP contribution in [-0.4, -0.2) is 70.5 Å². The van der Waals surface area contributed by atoms with Gasteiger partial charge < -0.3 is 43.4 Å². The number of carboxylic acid groups (broad SMARTS) is 1. The van der Waals surface area contributed by atoms with Crippen molar-refractivity contribution in [1.82, 2.24) is 16.0 Å². The van der Waals surface area contributed by atoms with Gasteiger partial charge in [0.1, 0.15) is 23.9 Å². The number of unbranched alkanes of at least 4 members (excludes halogenated alkanes) is 1. The van der Waals surface area contributed by atoms with E-state index < -0.39 is 60.2 Å². The van der Waals surface area contributed by atoms with Crippen LogP contribution in [0.5, 0.6) is 5.75 Å². The van der Waals surface area contributed by atoms with Gasteiger partial charge in [0.15, 0.2) is 0 Å². The Morgan fingerprint density at radius 2 is 1.51 bits per heavy atom. The van der Waals surface area contributed by atoms with Gasteiger partial charge in [0.05, 0.1) is 12.5 Å². The van der Waals surface area contributed by atoms with E-state index in [2.05, 4.69) is 16.0 Å². The molecule has 1 aromatic rings. The molecule has 13 heteroatoms. The predicted octanol–water partition coefficient (Wildman–Crippen LogP) is -2.17. The minimum Gasteiger partial charge on any atom is -0.508 e. The van der Waals surface area contributed by atoms with Crippen LogP contribution in [0.2, 0.25) is 0 Å². The van der Waals surface area contributed by atoms with Gasteiger partial charge in [-0.15, -0.1) is 0 Å². The minimum absolute atomic E-state index is 0.0231. The summed E-state index contributed by atoms with van der Waals surface area (Å²) in [6.07, 6.45) is 1.10. The number of hydrogen-bond acceptors (Lipinski definition) is 8. The fourth-order valence-corrected chi connectivity index (χ4v) is 3.07. The third-order valence-electron chi connectivity index (χ3n) is 5.09. The molecule has 0 heterocycles. The fraction of sp³-hybridized carbons (Fsp3) is 0.500. The van der Waals surface area contributed by atoms with Gasteiger partial charge in [-0.1, -0.05) is 18.6 Å². The van der Waals surface area contributed by atoms with Gasteiger partial charge in [-0.05, 0) is 44.0 Å². The molecule has 4 amide bonds. The summed E-state index contributed by atoms with van der Waals surface area (Å²) in [5.74, 6) is -4.50. The van der Waals surface area contributed by atoms with Gasteiger partial charge in [-0.2, -0.15) is 0 Å². The van der Waals surface area contributed by atoms with Crippen molar-refractivity contribution in [1.29, 1.82) is 0 Å². The highest BCUT2D eigenvalue weighted by atomic mass is 16.4. The summed E-state index contributed by atoms with van der Waals surface area (Å²) >= 11 is 0. The van der Waals surface area contributed by atoms with Crippen LogP contribution >= 0.6 is 0 Å². The molecule has 0 radical (unpaired) electrons. The Morgan fingerprint density at radius 3 is 2.06 bits per heavy atom. The maximum absolute atomic E-state index is 12.9. The molecule has 0 aliphatic heterocycles. The van der Waals surface area contributed by atoms with Crippen molar-refractivity contribution in [2.45, 2.75) is 63.2 Å². The van der Waals surface area contributed by atoms with Crippen LogP contribution in [0.3, 0.4) is 0 Å². The van der Waals surface area contributed by atoms with E-state index in [-0.39, 0.29) is 12.2 Å². The maximum atomic E-state index is 12.9. The van der Waals surface area contributed by atoms with Gasteiger partial charge in [-0.25, -0.2) is 4.79 Å². The first-order valence-corrected chi connectivity index (χ1v) is 11.1. The Bertz CT molecular complexity index is 893. The Hall–Kier alpha value is -3.71. The molecular formula is C22H34N6O7. The third-order valence-corrected chi connectivity index (χ3v) is 5.09. The molecule has 11 N–H and O–H groups in total. The maximum Gasteiger partial charge on any atom is 0.326 e. The lowest BCUT2D eigenvalue weighted by Gasteiger charge is -2.23. The lowest BCUT2D eigenvalue weighted by Crippen LogP contribution is -2.57. The lowest BCUT2D eigenvalue weighted by atomic mass is 10.0. The zero-order chi connectivity index (χ0) is 26.5. The number of carbonyl (C=O) groups is 5. The van der Waals surface area contributed by atoms with Crippen LogP contribution in [0, 0.1) is 0 Å². The number of benzene rings is 1. The van der Waals surface area contributed by atoms with Crippen molar-refractivity contribution in [2.24, 2.45) is 17.2 Å². The Labute approximate surface area is 202 Å². The molecule has 0 aliphatic rings. The van der Waals surface area contributed by atoms with Gasteiger partial charge in [0.25, 0.3) is 0 Å². The number of hydrogen-bond donors (Lipinski definition) is 8. The second-order valence-electron chi connectivity index (χ2n) is 8.12. The highest BCUT2D eigenvalue weighted by Gasteiger charge is 2.29. The molecule has 0 aromatic heterocycles. The number of aliphatic carboxylic acids is 1. The molecule has 0 saturated heterocycles. The van der Waals surface area contributed by atoms with Crippen LogP contribution in [-0.2, 0) is 30.4 Å². The monoisotopic (exact) mass is 494 g/mol. The molecule has 1 rings (SSSR count). The molecule has 0 fully saturated rings. The number of amides is 4. The average Bonchev–Trinajstić information content (AvgIpc) is 2.78. The summed E-state index contributed by atoms with van der Waals surface area (Å²) < 4.78 is 0. The van der Waals surface area contributed by atoms with Gasteiger partial charge in [-0.3, -0.25) is 19.2 Å². The second kappa shape index (κ2) is 14.5. The SMILES string of the molecule is CC(NC(=O)C(Cc1ccc(O)cc1)NC(=O)C(N)CCCCN)C(=O)NC(CC(N)=O)C(=O)O. The average molecular weight is 495 g/mol. The van der Waals surface area contributed by atoms with Crippen LogP contribution < -0.4 is 33.2 Å². The molecule has 4 atom stereocenters. The topological polar surface area (TPSA) is 240 Å². The summed E-state index contributed by atoms with van der Waals surface area (Å²) in [5.41, 5.74) is 17.0. The first-order chi connectivity index (χ1) is 16.4. The van der Waals surface area contributed by atoms with Gasteiger partial charge in [0.2, 0.25) is 23.6 Å². The van der Waals surface area contributed by atoms with Crippen molar-refractivity contribution >= 4 is 29.6 Å². The zero-order valence-electron chi connectivity index (χ0n) is 19.5. The summed E-state index contributed by atoms with van der Waals surface area (Å²) in [7, 11) is 0. The largest absolute Gasteiger partial charge is 0.508 e. The van der Waals surface area contributed by atoms with Crippen LogP contribution in [0.15, 0.2) is 24.3 Å². The first kappa shape index (κ1) is 29.3. The number of nitrogens with two attached hydrogens (primary N) is 3. The van der Waals surface area contributed by atoms with E-state index >= 15 is 0 Å². The third kappa shape index (κ3) is 10.8. The number of nitrogens with one attached hydrogen (secondary N) is 3. The summed E-state index contributed by atoms with van der Waals surface area (Å²) in [6.45, 7) is 1.77. The molecular weight excluding hydrogens is 460 g/mol. The molecule has 4 unspecified atom stereocenters.